The Labute approximate surface area is 146 Å². The number of rotatable bonds is 3. The van der Waals surface area contributed by atoms with Crippen LogP contribution in [0.3, 0.4) is 0 Å². The number of carboxylic acids is 1. The standard InChI is InChI=1S/C19H13N3O4/c23-16-10-22(21-17(18(16)24)19(25)26)15-4-2-1-3-13(15)12-6-5-11-7-8-20-14(11)9-12/h1-10,20,23H,(H,25,26). The van der Waals surface area contributed by atoms with E-state index in [-0.39, 0.29) is 0 Å². The first-order chi connectivity index (χ1) is 12.5. The number of hydrogen-bond donors (Lipinski definition) is 3. The maximum atomic E-state index is 11.8. The van der Waals surface area contributed by atoms with Crippen LogP contribution in [0.2, 0.25) is 0 Å². The van der Waals surface area contributed by atoms with E-state index in [1.807, 2.05) is 42.6 Å². The van der Waals surface area contributed by atoms with E-state index in [4.69, 9.17) is 5.11 Å². The van der Waals surface area contributed by atoms with Crippen molar-refractivity contribution in [1.82, 2.24) is 14.8 Å². The molecule has 3 N–H and O–H groups in total. The molecule has 0 saturated heterocycles. The number of H-pyrrole nitrogens is 1. The first-order valence-electron chi connectivity index (χ1n) is 7.78. The minimum Gasteiger partial charge on any atom is -0.503 e. The summed E-state index contributed by atoms with van der Waals surface area (Å²) in [6.07, 6.45) is 2.96. The van der Waals surface area contributed by atoms with Gasteiger partial charge >= 0.3 is 5.97 Å². The topological polar surface area (TPSA) is 108 Å². The Kier molecular flexibility index (Phi) is 3.54. The summed E-state index contributed by atoms with van der Waals surface area (Å²) in [5.74, 6) is -2.17. The predicted molar refractivity (Wildman–Crippen MR) is 95.8 cm³/mol. The molecule has 7 nitrogen and oxygen atoms in total. The number of aromatic hydroxyl groups is 1. The maximum absolute atomic E-state index is 11.8. The molecule has 0 atom stereocenters. The van der Waals surface area contributed by atoms with Crippen LogP contribution in [0.1, 0.15) is 10.5 Å². The molecule has 0 aliphatic rings. The number of nitrogens with zero attached hydrogens (tertiary/aromatic N) is 2. The third-order valence-electron chi connectivity index (χ3n) is 4.12. The molecule has 0 radical (unpaired) electrons. The van der Waals surface area contributed by atoms with Crippen molar-refractivity contribution in [3.05, 3.63) is 76.8 Å². The van der Waals surface area contributed by atoms with Crippen molar-refractivity contribution < 1.29 is 15.0 Å². The van der Waals surface area contributed by atoms with Crippen LogP contribution in [0.25, 0.3) is 27.7 Å². The monoisotopic (exact) mass is 347 g/mol. The molecule has 0 fully saturated rings. The third-order valence-corrected chi connectivity index (χ3v) is 4.12. The summed E-state index contributed by atoms with van der Waals surface area (Å²) in [6.45, 7) is 0. The fraction of sp³-hybridized carbons (Fsp3) is 0. The van der Waals surface area contributed by atoms with E-state index >= 15 is 0 Å². The Morgan fingerprint density at radius 1 is 1.12 bits per heavy atom. The van der Waals surface area contributed by atoms with Gasteiger partial charge in [0.15, 0.2) is 5.75 Å². The average molecular weight is 347 g/mol. The van der Waals surface area contributed by atoms with Crippen LogP contribution in [-0.4, -0.2) is 30.9 Å². The van der Waals surface area contributed by atoms with Gasteiger partial charge in [0.05, 0.1) is 11.9 Å². The zero-order valence-electron chi connectivity index (χ0n) is 13.4. The van der Waals surface area contributed by atoms with Gasteiger partial charge in [-0.1, -0.05) is 30.3 Å². The highest BCUT2D eigenvalue weighted by molar-refractivity contribution is 5.87. The van der Waals surface area contributed by atoms with Crippen molar-refractivity contribution in [3.8, 4) is 22.6 Å². The van der Waals surface area contributed by atoms with Crippen molar-refractivity contribution >= 4 is 16.9 Å². The summed E-state index contributed by atoms with van der Waals surface area (Å²) in [5.41, 5.74) is 1.40. The minimum absolute atomic E-state index is 0.538. The number of hydrogen-bond acceptors (Lipinski definition) is 4. The Hall–Kier alpha value is -3.87. The molecule has 4 aromatic rings. The van der Waals surface area contributed by atoms with Gasteiger partial charge in [-0.25, -0.2) is 9.48 Å². The first kappa shape index (κ1) is 15.6. The number of aromatic carboxylic acids is 1. The molecule has 0 aliphatic heterocycles. The fourth-order valence-electron chi connectivity index (χ4n) is 2.87. The molecule has 0 spiro atoms. The van der Waals surface area contributed by atoms with Crippen LogP contribution in [0, 0.1) is 0 Å². The molecule has 4 rings (SSSR count). The Bertz CT molecular complexity index is 1210. The molecule has 0 bridgehead atoms. The van der Waals surface area contributed by atoms with Gasteiger partial charge in [-0.3, -0.25) is 4.79 Å². The van der Waals surface area contributed by atoms with Crippen LogP contribution in [0.15, 0.2) is 65.7 Å². The van der Waals surface area contributed by atoms with Gasteiger partial charge < -0.3 is 15.2 Å². The predicted octanol–water partition coefficient (Wildman–Crippen LogP) is 2.78. The van der Waals surface area contributed by atoms with E-state index in [1.54, 1.807) is 12.1 Å². The van der Waals surface area contributed by atoms with Gasteiger partial charge in [0, 0.05) is 17.3 Å². The molecule has 2 aromatic carbocycles. The zero-order chi connectivity index (χ0) is 18.3. The molecule has 2 heterocycles. The molecule has 26 heavy (non-hydrogen) atoms. The number of carboxylic acid groups (broad SMARTS) is 1. The SMILES string of the molecule is O=C(O)c1nn(-c2ccccc2-c2ccc3cc[nH]c3c2)cc(O)c1=O. The van der Waals surface area contributed by atoms with E-state index in [0.717, 1.165) is 28.2 Å². The van der Waals surface area contributed by atoms with E-state index in [9.17, 15) is 14.7 Å². The van der Waals surface area contributed by atoms with Gasteiger partial charge in [-0.2, -0.15) is 5.10 Å². The quantitative estimate of drug-likeness (QED) is 0.528. The number of benzene rings is 2. The lowest BCUT2D eigenvalue weighted by Gasteiger charge is -2.12. The number of carbonyl (C=O) groups is 1. The molecule has 7 heteroatoms. The molecule has 0 saturated carbocycles. The van der Waals surface area contributed by atoms with E-state index in [1.165, 1.54) is 4.68 Å². The lowest BCUT2D eigenvalue weighted by molar-refractivity contribution is 0.0686. The zero-order valence-corrected chi connectivity index (χ0v) is 13.4. The third kappa shape index (κ3) is 2.51. The van der Waals surface area contributed by atoms with Crippen molar-refractivity contribution in [2.24, 2.45) is 0 Å². The highest BCUT2D eigenvalue weighted by Gasteiger charge is 2.17. The van der Waals surface area contributed by atoms with Crippen LogP contribution in [-0.2, 0) is 0 Å². The molecule has 0 amide bonds. The Balaban J connectivity index is 1.94. The Morgan fingerprint density at radius 3 is 2.73 bits per heavy atom. The van der Waals surface area contributed by atoms with Crippen LogP contribution < -0.4 is 5.43 Å². The van der Waals surface area contributed by atoms with Gasteiger partial charge in [0.25, 0.3) is 5.43 Å². The van der Waals surface area contributed by atoms with Gasteiger partial charge in [0.1, 0.15) is 0 Å². The normalized spacial score (nSPS) is 10.9. The molecular weight excluding hydrogens is 334 g/mol. The second-order valence-corrected chi connectivity index (χ2v) is 5.74. The average Bonchev–Trinajstić information content (AvgIpc) is 3.11. The van der Waals surface area contributed by atoms with Gasteiger partial charge in [-0.05, 0) is 29.1 Å². The van der Waals surface area contributed by atoms with Crippen LogP contribution in [0.5, 0.6) is 5.75 Å². The number of nitrogens with one attached hydrogen (secondary N) is 1. The van der Waals surface area contributed by atoms with Crippen molar-refractivity contribution in [2.45, 2.75) is 0 Å². The van der Waals surface area contributed by atoms with Crippen molar-refractivity contribution in [1.29, 1.82) is 0 Å². The molecule has 0 unspecified atom stereocenters. The van der Waals surface area contributed by atoms with Crippen LogP contribution >= 0.6 is 0 Å². The van der Waals surface area contributed by atoms with E-state index in [0.29, 0.717) is 5.69 Å². The fourth-order valence-corrected chi connectivity index (χ4v) is 2.87. The maximum Gasteiger partial charge on any atom is 0.360 e. The lowest BCUT2D eigenvalue weighted by atomic mass is 10.0. The molecule has 128 valence electrons. The second-order valence-electron chi connectivity index (χ2n) is 5.74. The summed E-state index contributed by atoms with van der Waals surface area (Å²) in [4.78, 5) is 26.1. The number of aromatic amines is 1. The summed E-state index contributed by atoms with van der Waals surface area (Å²) in [7, 11) is 0. The van der Waals surface area contributed by atoms with Crippen LogP contribution in [0.4, 0.5) is 0 Å². The van der Waals surface area contributed by atoms with Gasteiger partial charge in [0.2, 0.25) is 5.69 Å². The summed E-state index contributed by atoms with van der Waals surface area (Å²) in [5, 5.41) is 23.9. The minimum atomic E-state index is -1.50. The molecular formula is C19H13N3O4. The number of para-hydroxylation sites is 1. The summed E-state index contributed by atoms with van der Waals surface area (Å²) in [6, 6.07) is 15.0. The summed E-state index contributed by atoms with van der Waals surface area (Å²) >= 11 is 0. The number of fused-ring (bicyclic) bond motifs is 1. The highest BCUT2D eigenvalue weighted by atomic mass is 16.4. The molecule has 0 aliphatic carbocycles. The van der Waals surface area contributed by atoms with Gasteiger partial charge in [-0.15, -0.1) is 0 Å². The Morgan fingerprint density at radius 2 is 1.92 bits per heavy atom. The van der Waals surface area contributed by atoms with Crippen molar-refractivity contribution in [2.75, 3.05) is 0 Å². The molecule has 2 aromatic heterocycles. The summed E-state index contributed by atoms with van der Waals surface area (Å²) < 4.78 is 1.20. The van der Waals surface area contributed by atoms with E-state index < -0.39 is 22.8 Å². The lowest BCUT2D eigenvalue weighted by Crippen LogP contribution is -2.21. The number of aromatic nitrogens is 3. The largest absolute Gasteiger partial charge is 0.503 e. The second kappa shape index (κ2) is 5.89. The first-order valence-corrected chi connectivity index (χ1v) is 7.78. The highest BCUT2D eigenvalue weighted by Crippen LogP contribution is 2.29. The van der Waals surface area contributed by atoms with Crippen molar-refractivity contribution in [3.63, 3.8) is 0 Å². The smallest absolute Gasteiger partial charge is 0.360 e. The van der Waals surface area contributed by atoms with E-state index in [2.05, 4.69) is 10.1 Å².